The summed E-state index contributed by atoms with van der Waals surface area (Å²) in [5.41, 5.74) is 3.95. The second-order valence-corrected chi connectivity index (χ2v) is 15.0. The molecule has 0 saturated carbocycles. The number of allylic oxidation sites excluding steroid dienone is 3. The fourth-order valence-electron chi connectivity index (χ4n) is 4.08. The van der Waals surface area contributed by atoms with Crippen LogP contribution in [0.5, 0.6) is 0 Å². The molecule has 2 rings (SSSR count). The van der Waals surface area contributed by atoms with Crippen LogP contribution in [0.15, 0.2) is 23.3 Å². The average molecular weight is 349 g/mol. The fourth-order valence-corrected chi connectivity index (χ4v) is 5.44. The summed E-state index contributed by atoms with van der Waals surface area (Å²) < 4.78 is 6.53. The first kappa shape index (κ1) is 20.0. The third-order valence-corrected chi connectivity index (χ3v) is 11.4. The van der Waals surface area contributed by atoms with Crippen LogP contribution in [0, 0.1) is 11.3 Å². The Morgan fingerprint density at radius 2 is 1.75 bits per heavy atom. The standard InChI is InChI=1S/C22H40OSi/c1-17(23-24(7,8)21(2,3)4)13-14-20-19-12-10-9-11-18(19)15-16-22(20,5)6/h13-14,17,20H,9-12,15-16H2,1-8H3/b14-13+/t17-,20+/m0/s1. The summed E-state index contributed by atoms with van der Waals surface area (Å²) in [5, 5.41) is 0.276. The van der Waals surface area contributed by atoms with E-state index in [1.54, 1.807) is 11.1 Å². The Morgan fingerprint density at radius 3 is 2.38 bits per heavy atom. The molecule has 1 nitrogen and oxygen atoms in total. The predicted octanol–water partition coefficient (Wildman–Crippen LogP) is 7.26. The van der Waals surface area contributed by atoms with Gasteiger partial charge >= 0.3 is 0 Å². The van der Waals surface area contributed by atoms with Gasteiger partial charge in [-0.15, -0.1) is 0 Å². The molecule has 2 heteroatoms. The van der Waals surface area contributed by atoms with Crippen molar-refractivity contribution in [3.63, 3.8) is 0 Å². The maximum Gasteiger partial charge on any atom is 0.192 e. The van der Waals surface area contributed by atoms with Crippen LogP contribution < -0.4 is 0 Å². The monoisotopic (exact) mass is 348 g/mol. The molecule has 0 aromatic rings. The quantitative estimate of drug-likeness (QED) is 0.383. The molecule has 0 saturated heterocycles. The van der Waals surface area contributed by atoms with Crippen molar-refractivity contribution in [2.24, 2.45) is 11.3 Å². The van der Waals surface area contributed by atoms with Gasteiger partial charge in [0.1, 0.15) is 0 Å². The minimum atomic E-state index is -1.69. The molecule has 2 atom stereocenters. The van der Waals surface area contributed by atoms with Crippen LogP contribution in [0.3, 0.4) is 0 Å². The van der Waals surface area contributed by atoms with Crippen molar-refractivity contribution >= 4 is 8.32 Å². The number of rotatable bonds is 4. The van der Waals surface area contributed by atoms with Crippen molar-refractivity contribution in [2.45, 2.75) is 104 Å². The highest BCUT2D eigenvalue weighted by Crippen LogP contribution is 2.49. The minimum absolute atomic E-state index is 0.219. The summed E-state index contributed by atoms with van der Waals surface area (Å²) in [6, 6.07) is 0. The molecular formula is C22H40OSi. The largest absolute Gasteiger partial charge is 0.411 e. The summed E-state index contributed by atoms with van der Waals surface area (Å²) in [5.74, 6) is 0.618. The molecule has 0 heterocycles. The summed E-state index contributed by atoms with van der Waals surface area (Å²) >= 11 is 0. The van der Waals surface area contributed by atoms with Gasteiger partial charge in [-0.25, -0.2) is 0 Å². The Kier molecular flexibility index (Phi) is 5.92. The van der Waals surface area contributed by atoms with Gasteiger partial charge in [-0.1, -0.05) is 57.9 Å². The second-order valence-electron chi connectivity index (χ2n) is 10.3. The molecule has 2 aliphatic carbocycles. The van der Waals surface area contributed by atoms with Crippen LogP contribution in [-0.4, -0.2) is 14.4 Å². The highest BCUT2D eigenvalue weighted by Gasteiger charge is 2.39. The van der Waals surface area contributed by atoms with Gasteiger partial charge in [0.2, 0.25) is 0 Å². The highest BCUT2D eigenvalue weighted by molar-refractivity contribution is 6.74. The van der Waals surface area contributed by atoms with Crippen LogP contribution >= 0.6 is 0 Å². The lowest BCUT2D eigenvalue weighted by molar-refractivity contribution is 0.226. The Bertz CT molecular complexity index is 505. The Labute approximate surface area is 152 Å². The number of hydrogen-bond donors (Lipinski definition) is 0. The maximum absolute atomic E-state index is 6.53. The zero-order valence-corrected chi connectivity index (χ0v) is 18.5. The second kappa shape index (κ2) is 7.11. The molecule has 2 aliphatic rings. The predicted molar refractivity (Wildman–Crippen MR) is 109 cm³/mol. The highest BCUT2D eigenvalue weighted by atomic mass is 28.4. The molecule has 0 spiro atoms. The van der Waals surface area contributed by atoms with E-state index in [-0.39, 0.29) is 11.1 Å². The first-order chi connectivity index (χ1) is 10.9. The van der Waals surface area contributed by atoms with Gasteiger partial charge in [0.15, 0.2) is 8.32 Å². The van der Waals surface area contributed by atoms with Crippen LogP contribution in [0.2, 0.25) is 18.1 Å². The first-order valence-electron chi connectivity index (χ1n) is 10.0. The van der Waals surface area contributed by atoms with Gasteiger partial charge in [0, 0.05) is 5.92 Å². The van der Waals surface area contributed by atoms with Crippen molar-refractivity contribution in [3.05, 3.63) is 23.3 Å². The van der Waals surface area contributed by atoms with Crippen molar-refractivity contribution < 1.29 is 4.43 Å². The first-order valence-corrected chi connectivity index (χ1v) is 12.9. The summed E-state index contributed by atoms with van der Waals surface area (Å²) in [6.07, 6.45) is 13.2. The summed E-state index contributed by atoms with van der Waals surface area (Å²) in [6.45, 7) is 18.8. The normalized spacial score (nSPS) is 26.6. The topological polar surface area (TPSA) is 9.23 Å². The van der Waals surface area contributed by atoms with Gasteiger partial charge in [0.25, 0.3) is 0 Å². The molecule has 0 aliphatic heterocycles. The molecule has 0 bridgehead atoms. The van der Waals surface area contributed by atoms with Crippen LogP contribution in [0.4, 0.5) is 0 Å². The average Bonchev–Trinajstić information content (AvgIpc) is 2.44. The molecule has 138 valence electrons. The lowest BCUT2D eigenvalue weighted by atomic mass is 9.63. The van der Waals surface area contributed by atoms with Gasteiger partial charge < -0.3 is 4.43 Å². The zero-order chi connectivity index (χ0) is 18.2. The van der Waals surface area contributed by atoms with E-state index < -0.39 is 8.32 Å². The molecule has 0 fully saturated rings. The van der Waals surface area contributed by atoms with E-state index in [0.717, 1.165) is 0 Å². The van der Waals surface area contributed by atoms with Crippen molar-refractivity contribution in [2.75, 3.05) is 0 Å². The van der Waals surface area contributed by atoms with E-state index in [1.807, 2.05) is 0 Å². The third-order valence-electron chi connectivity index (χ3n) is 6.78. The van der Waals surface area contributed by atoms with Gasteiger partial charge in [0.05, 0.1) is 6.10 Å². The maximum atomic E-state index is 6.53. The van der Waals surface area contributed by atoms with Crippen LogP contribution in [0.25, 0.3) is 0 Å². The molecular weight excluding hydrogens is 308 g/mol. The molecule has 0 unspecified atom stereocenters. The summed E-state index contributed by atoms with van der Waals surface area (Å²) in [4.78, 5) is 0. The van der Waals surface area contributed by atoms with E-state index >= 15 is 0 Å². The molecule has 0 N–H and O–H groups in total. The van der Waals surface area contributed by atoms with E-state index in [4.69, 9.17) is 4.43 Å². The summed E-state index contributed by atoms with van der Waals surface area (Å²) in [7, 11) is -1.69. The molecule has 0 radical (unpaired) electrons. The SMILES string of the molecule is C[C@@H](/C=C/[C@@H]1C2=C(CCCC2)CCC1(C)C)O[Si](C)(C)C(C)(C)C. The fraction of sp³-hybridized carbons (Fsp3) is 0.818. The molecule has 0 aromatic heterocycles. The molecule has 24 heavy (non-hydrogen) atoms. The van der Waals surface area contributed by atoms with Crippen molar-refractivity contribution in [1.82, 2.24) is 0 Å². The Hall–Kier alpha value is -0.343. The lowest BCUT2D eigenvalue weighted by Crippen LogP contribution is -2.43. The third kappa shape index (κ3) is 4.43. The van der Waals surface area contributed by atoms with Crippen LogP contribution in [-0.2, 0) is 4.43 Å². The van der Waals surface area contributed by atoms with Gasteiger partial charge in [-0.3, -0.25) is 0 Å². The van der Waals surface area contributed by atoms with Gasteiger partial charge in [-0.2, -0.15) is 0 Å². The van der Waals surface area contributed by atoms with Crippen molar-refractivity contribution in [1.29, 1.82) is 0 Å². The smallest absolute Gasteiger partial charge is 0.192 e. The molecule has 0 aromatic carbocycles. The van der Waals surface area contributed by atoms with Crippen molar-refractivity contribution in [3.8, 4) is 0 Å². The zero-order valence-electron chi connectivity index (χ0n) is 17.5. The van der Waals surface area contributed by atoms with Gasteiger partial charge in [-0.05, 0) is 69.0 Å². The van der Waals surface area contributed by atoms with E-state index in [9.17, 15) is 0 Å². The lowest BCUT2D eigenvalue weighted by Gasteiger charge is -2.42. The molecule has 0 amide bonds. The Morgan fingerprint density at radius 1 is 1.12 bits per heavy atom. The van der Waals surface area contributed by atoms with E-state index in [0.29, 0.717) is 11.3 Å². The van der Waals surface area contributed by atoms with Crippen LogP contribution in [0.1, 0.15) is 80.1 Å². The van der Waals surface area contributed by atoms with E-state index in [2.05, 4.69) is 66.8 Å². The number of hydrogen-bond acceptors (Lipinski definition) is 1. The Balaban J connectivity index is 2.13. The van der Waals surface area contributed by atoms with E-state index in [1.165, 1.54) is 38.5 Å². The minimum Gasteiger partial charge on any atom is -0.411 e.